The van der Waals surface area contributed by atoms with E-state index in [1.165, 1.54) is 18.2 Å². The molecular weight excluding hydrogens is 353 g/mol. The number of rotatable bonds is 7. The van der Waals surface area contributed by atoms with Crippen LogP contribution >= 0.6 is 11.6 Å². The van der Waals surface area contributed by atoms with E-state index < -0.39 is 21.6 Å². The molecule has 0 aliphatic carbocycles. The summed E-state index contributed by atoms with van der Waals surface area (Å²) in [6.45, 7) is 3.91. The van der Waals surface area contributed by atoms with Gasteiger partial charge in [-0.15, -0.1) is 0 Å². The molecule has 7 heteroatoms. The van der Waals surface area contributed by atoms with Crippen molar-refractivity contribution in [1.29, 1.82) is 0 Å². The molecule has 0 saturated carbocycles. The highest BCUT2D eigenvalue weighted by molar-refractivity contribution is 7.88. The third-order valence-corrected chi connectivity index (χ3v) is 4.77. The first-order valence-corrected chi connectivity index (χ1v) is 9.45. The standard InChI is InChI=1S/C17H19ClFNO3S/c1-12(2)23-14-6-3-5-13(9-14)10-20-24(21,22)11-15-16(18)7-4-8-17(15)19/h3-9,12,20H,10-11H2,1-2H3. The van der Waals surface area contributed by atoms with E-state index in [-0.39, 0.29) is 23.2 Å². The SMILES string of the molecule is CC(C)Oc1cccc(CNS(=O)(=O)Cc2c(F)cccc2Cl)c1. The van der Waals surface area contributed by atoms with Crippen LogP contribution in [0.1, 0.15) is 25.0 Å². The average molecular weight is 372 g/mol. The number of sulfonamides is 1. The molecule has 4 nitrogen and oxygen atoms in total. The summed E-state index contributed by atoms with van der Waals surface area (Å²) < 4.78 is 46.1. The summed E-state index contributed by atoms with van der Waals surface area (Å²) >= 11 is 5.87. The van der Waals surface area contributed by atoms with Crippen LogP contribution in [0.15, 0.2) is 42.5 Å². The molecule has 0 aliphatic heterocycles. The van der Waals surface area contributed by atoms with Gasteiger partial charge in [0.2, 0.25) is 10.0 Å². The van der Waals surface area contributed by atoms with Crippen molar-refractivity contribution in [3.63, 3.8) is 0 Å². The molecule has 0 amide bonds. The minimum absolute atomic E-state index is 0.0279. The van der Waals surface area contributed by atoms with Crippen molar-refractivity contribution < 1.29 is 17.5 Å². The summed E-state index contributed by atoms with van der Waals surface area (Å²) in [5, 5.41) is 0.0905. The lowest BCUT2D eigenvalue weighted by molar-refractivity contribution is 0.242. The van der Waals surface area contributed by atoms with Gasteiger partial charge in [0.25, 0.3) is 0 Å². The van der Waals surface area contributed by atoms with Crippen molar-refractivity contribution in [2.75, 3.05) is 0 Å². The molecule has 0 atom stereocenters. The Bertz CT molecular complexity index is 789. The predicted octanol–water partition coefficient (Wildman–Crippen LogP) is 3.89. The molecule has 2 aromatic carbocycles. The number of hydrogen-bond donors (Lipinski definition) is 1. The largest absolute Gasteiger partial charge is 0.491 e. The molecule has 2 rings (SSSR count). The summed E-state index contributed by atoms with van der Waals surface area (Å²) in [6.07, 6.45) is 0.0279. The van der Waals surface area contributed by atoms with Gasteiger partial charge in [0, 0.05) is 17.1 Å². The van der Waals surface area contributed by atoms with E-state index in [0.717, 1.165) is 5.56 Å². The van der Waals surface area contributed by atoms with Crippen LogP contribution in [0.4, 0.5) is 4.39 Å². The van der Waals surface area contributed by atoms with Gasteiger partial charge in [-0.1, -0.05) is 29.8 Å². The van der Waals surface area contributed by atoms with Gasteiger partial charge < -0.3 is 4.74 Å². The highest BCUT2D eigenvalue weighted by atomic mass is 35.5. The van der Waals surface area contributed by atoms with Crippen LogP contribution in [0.2, 0.25) is 5.02 Å². The normalized spacial score (nSPS) is 11.7. The van der Waals surface area contributed by atoms with Crippen LogP contribution in [0.3, 0.4) is 0 Å². The fourth-order valence-electron chi connectivity index (χ4n) is 2.11. The number of benzene rings is 2. The van der Waals surface area contributed by atoms with Gasteiger partial charge in [0.1, 0.15) is 11.6 Å². The van der Waals surface area contributed by atoms with E-state index in [4.69, 9.17) is 16.3 Å². The Morgan fingerprint density at radius 2 is 1.92 bits per heavy atom. The Balaban J connectivity index is 2.05. The molecule has 0 saturated heterocycles. The van der Waals surface area contributed by atoms with Crippen molar-refractivity contribution >= 4 is 21.6 Å². The second-order valence-electron chi connectivity index (χ2n) is 5.59. The minimum Gasteiger partial charge on any atom is -0.491 e. The summed E-state index contributed by atoms with van der Waals surface area (Å²) in [5.41, 5.74) is 0.708. The zero-order valence-electron chi connectivity index (χ0n) is 13.4. The molecule has 1 N–H and O–H groups in total. The first-order valence-electron chi connectivity index (χ1n) is 7.42. The predicted molar refractivity (Wildman–Crippen MR) is 93.1 cm³/mol. The molecule has 0 spiro atoms. The zero-order chi connectivity index (χ0) is 17.7. The third kappa shape index (κ3) is 5.47. The maximum absolute atomic E-state index is 13.7. The Kier molecular flexibility index (Phi) is 6.21. The van der Waals surface area contributed by atoms with E-state index in [1.54, 1.807) is 24.3 Å². The number of halogens is 2. The van der Waals surface area contributed by atoms with Gasteiger partial charge >= 0.3 is 0 Å². The molecule has 0 unspecified atom stereocenters. The van der Waals surface area contributed by atoms with Crippen molar-refractivity contribution in [1.82, 2.24) is 4.72 Å². The van der Waals surface area contributed by atoms with Crippen LogP contribution in [0, 0.1) is 5.82 Å². The van der Waals surface area contributed by atoms with Crippen molar-refractivity contribution in [3.05, 3.63) is 64.4 Å². The quantitative estimate of drug-likeness (QED) is 0.803. The maximum atomic E-state index is 13.7. The lowest BCUT2D eigenvalue weighted by Crippen LogP contribution is -2.25. The molecule has 0 fully saturated rings. The lowest BCUT2D eigenvalue weighted by Gasteiger charge is -2.12. The van der Waals surface area contributed by atoms with Gasteiger partial charge in [0.05, 0.1) is 11.9 Å². The molecule has 0 radical (unpaired) electrons. The summed E-state index contributed by atoms with van der Waals surface area (Å²) in [6, 6.07) is 11.2. The van der Waals surface area contributed by atoms with Crippen LogP contribution in [-0.4, -0.2) is 14.5 Å². The Morgan fingerprint density at radius 3 is 2.58 bits per heavy atom. The van der Waals surface area contributed by atoms with Gasteiger partial charge in [-0.25, -0.2) is 17.5 Å². The Morgan fingerprint density at radius 1 is 1.21 bits per heavy atom. The lowest BCUT2D eigenvalue weighted by atomic mass is 10.2. The molecule has 0 aromatic heterocycles. The molecule has 130 valence electrons. The monoisotopic (exact) mass is 371 g/mol. The second kappa shape index (κ2) is 7.96. The van der Waals surface area contributed by atoms with E-state index in [2.05, 4.69) is 4.72 Å². The van der Waals surface area contributed by atoms with Gasteiger partial charge in [0.15, 0.2) is 0 Å². The van der Waals surface area contributed by atoms with Gasteiger partial charge in [-0.05, 0) is 43.7 Å². The van der Waals surface area contributed by atoms with Crippen LogP contribution in [-0.2, 0) is 22.3 Å². The fraction of sp³-hybridized carbons (Fsp3) is 0.294. The smallest absolute Gasteiger partial charge is 0.216 e. The summed E-state index contributed by atoms with van der Waals surface area (Å²) in [4.78, 5) is 0. The van der Waals surface area contributed by atoms with E-state index in [1.807, 2.05) is 13.8 Å². The average Bonchev–Trinajstić information content (AvgIpc) is 2.49. The van der Waals surface area contributed by atoms with E-state index >= 15 is 0 Å². The fourth-order valence-corrected chi connectivity index (χ4v) is 3.58. The van der Waals surface area contributed by atoms with Gasteiger partial charge in [-0.3, -0.25) is 0 Å². The topological polar surface area (TPSA) is 55.4 Å². The van der Waals surface area contributed by atoms with E-state index in [0.29, 0.717) is 5.75 Å². The number of ether oxygens (including phenoxy) is 1. The van der Waals surface area contributed by atoms with Crippen molar-refractivity contribution in [2.45, 2.75) is 32.2 Å². The van der Waals surface area contributed by atoms with Crippen LogP contribution < -0.4 is 9.46 Å². The molecule has 0 bridgehead atoms. The van der Waals surface area contributed by atoms with Crippen molar-refractivity contribution in [3.8, 4) is 5.75 Å². The highest BCUT2D eigenvalue weighted by Crippen LogP contribution is 2.21. The first-order chi connectivity index (χ1) is 11.3. The molecule has 2 aromatic rings. The van der Waals surface area contributed by atoms with Crippen LogP contribution in [0.25, 0.3) is 0 Å². The highest BCUT2D eigenvalue weighted by Gasteiger charge is 2.17. The molecular formula is C17H19ClFNO3S. The minimum atomic E-state index is -3.73. The summed E-state index contributed by atoms with van der Waals surface area (Å²) in [7, 11) is -3.73. The Labute approximate surface area is 146 Å². The Hall–Kier alpha value is -1.63. The number of hydrogen-bond acceptors (Lipinski definition) is 3. The zero-order valence-corrected chi connectivity index (χ0v) is 15.0. The number of nitrogens with one attached hydrogen (secondary N) is 1. The first kappa shape index (κ1) is 18.7. The van der Waals surface area contributed by atoms with Crippen LogP contribution in [0.5, 0.6) is 5.75 Å². The molecule has 0 heterocycles. The van der Waals surface area contributed by atoms with E-state index in [9.17, 15) is 12.8 Å². The second-order valence-corrected chi connectivity index (χ2v) is 7.81. The molecule has 0 aliphatic rings. The maximum Gasteiger partial charge on any atom is 0.216 e. The van der Waals surface area contributed by atoms with Gasteiger partial charge in [-0.2, -0.15) is 0 Å². The molecule has 24 heavy (non-hydrogen) atoms. The third-order valence-electron chi connectivity index (χ3n) is 3.16. The summed E-state index contributed by atoms with van der Waals surface area (Å²) in [5.74, 6) is -0.486. The van der Waals surface area contributed by atoms with Crippen molar-refractivity contribution in [2.24, 2.45) is 0 Å².